The molecule has 0 spiro atoms. The minimum Gasteiger partial charge on any atom is -0.253 e. The summed E-state index contributed by atoms with van der Waals surface area (Å²) in [5, 5.41) is 0. The number of nitrogens with zero attached hydrogens (tertiary/aromatic N) is 1. The van der Waals surface area contributed by atoms with Crippen LogP contribution < -0.4 is 0 Å². The Bertz CT molecular complexity index is 1120. The Morgan fingerprint density at radius 3 is 2.34 bits per heavy atom. The molecule has 144 valence electrons. The largest absolute Gasteiger partial charge is 0.253 e. The lowest BCUT2D eigenvalue weighted by molar-refractivity contribution is 0.537. The van der Waals surface area contributed by atoms with Gasteiger partial charge in [0.25, 0.3) is 0 Å². The molecule has 2 aliphatic carbocycles. The topological polar surface area (TPSA) is 12.4 Å². The molecule has 3 aromatic carbocycles. The molecule has 0 saturated carbocycles. The van der Waals surface area contributed by atoms with Crippen molar-refractivity contribution in [1.29, 1.82) is 0 Å². The van der Waals surface area contributed by atoms with E-state index in [1.54, 1.807) is 0 Å². The van der Waals surface area contributed by atoms with Gasteiger partial charge in [0.2, 0.25) is 0 Å². The van der Waals surface area contributed by atoms with Gasteiger partial charge >= 0.3 is 0 Å². The van der Waals surface area contributed by atoms with Gasteiger partial charge in [-0.1, -0.05) is 87.5 Å². The van der Waals surface area contributed by atoms with Crippen molar-refractivity contribution in [3.63, 3.8) is 0 Å². The van der Waals surface area contributed by atoms with Crippen LogP contribution in [0.25, 0.3) is 11.1 Å². The van der Waals surface area contributed by atoms with Gasteiger partial charge < -0.3 is 0 Å². The van der Waals surface area contributed by atoms with Crippen LogP contribution in [0.15, 0.2) is 89.9 Å². The molecule has 3 aromatic rings. The Kier molecular flexibility index (Phi) is 4.28. The monoisotopic (exact) mass is 377 g/mol. The highest BCUT2D eigenvalue weighted by molar-refractivity contribution is 5.98. The van der Waals surface area contributed by atoms with Crippen LogP contribution in [-0.2, 0) is 5.41 Å². The van der Waals surface area contributed by atoms with E-state index in [-0.39, 0.29) is 5.41 Å². The minimum absolute atomic E-state index is 0.0240. The Morgan fingerprint density at radius 2 is 1.55 bits per heavy atom. The van der Waals surface area contributed by atoms with Crippen LogP contribution in [0.1, 0.15) is 49.8 Å². The van der Waals surface area contributed by atoms with Crippen molar-refractivity contribution < 1.29 is 0 Å². The summed E-state index contributed by atoms with van der Waals surface area (Å²) in [4.78, 5) is 5.03. The van der Waals surface area contributed by atoms with Crippen molar-refractivity contribution >= 4 is 11.4 Å². The summed E-state index contributed by atoms with van der Waals surface area (Å²) in [5.41, 5.74) is 9.18. The third-order valence-corrected chi connectivity index (χ3v) is 6.66. The van der Waals surface area contributed by atoms with E-state index in [0.717, 1.165) is 12.1 Å². The first kappa shape index (κ1) is 18.1. The van der Waals surface area contributed by atoms with Crippen molar-refractivity contribution in [2.24, 2.45) is 10.9 Å². The number of aliphatic imine (C=N–C) groups is 1. The van der Waals surface area contributed by atoms with Gasteiger partial charge in [0.1, 0.15) is 0 Å². The van der Waals surface area contributed by atoms with E-state index in [1.165, 1.54) is 33.5 Å². The Labute approximate surface area is 173 Å². The maximum Gasteiger partial charge on any atom is 0.0636 e. The lowest BCUT2D eigenvalue weighted by atomic mass is 9.80. The molecule has 1 nitrogen and oxygen atoms in total. The van der Waals surface area contributed by atoms with Gasteiger partial charge in [0.15, 0.2) is 0 Å². The highest BCUT2D eigenvalue weighted by Crippen LogP contribution is 2.49. The quantitative estimate of drug-likeness (QED) is 0.440. The fraction of sp³-hybridized carbons (Fsp3) is 0.250. The maximum atomic E-state index is 5.03. The van der Waals surface area contributed by atoms with Gasteiger partial charge in [-0.15, -0.1) is 0 Å². The third kappa shape index (κ3) is 3.06. The summed E-state index contributed by atoms with van der Waals surface area (Å²) in [7, 11) is 0. The van der Waals surface area contributed by atoms with Gasteiger partial charge in [-0.3, -0.25) is 4.99 Å². The maximum absolute atomic E-state index is 5.03. The molecular weight excluding hydrogens is 350 g/mol. The van der Waals surface area contributed by atoms with E-state index in [0.29, 0.717) is 11.8 Å². The average Bonchev–Trinajstić information content (AvgIpc) is 2.96. The Morgan fingerprint density at radius 1 is 0.828 bits per heavy atom. The first-order valence-electron chi connectivity index (χ1n) is 10.6. The normalized spacial score (nSPS) is 23.1. The number of benzene rings is 3. The van der Waals surface area contributed by atoms with Crippen LogP contribution in [-0.4, -0.2) is 5.71 Å². The average molecular weight is 378 g/mol. The first-order valence-corrected chi connectivity index (χ1v) is 10.6. The molecule has 0 aromatic heterocycles. The zero-order valence-corrected chi connectivity index (χ0v) is 17.4. The van der Waals surface area contributed by atoms with Gasteiger partial charge in [0, 0.05) is 17.0 Å². The standard InChI is InChI=1S/C28H27N/c1-19-17-21(13-15-23(19)20-9-5-4-6-10-20)29-22-14-16-25-24-11-7-8-12-26(24)28(2,3)27(25)18-22/h4-16,18-19,23H,17H2,1-3H3. The highest BCUT2D eigenvalue weighted by atomic mass is 14.7. The fourth-order valence-corrected chi connectivity index (χ4v) is 5.05. The number of rotatable bonds is 2. The molecule has 5 rings (SSSR count). The summed E-state index contributed by atoms with van der Waals surface area (Å²) < 4.78 is 0. The number of hydrogen-bond donors (Lipinski definition) is 0. The molecule has 1 heteroatoms. The molecule has 0 aliphatic heterocycles. The van der Waals surface area contributed by atoms with E-state index in [4.69, 9.17) is 4.99 Å². The lowest BCUT2D eigenvalue weighted by Crippen LogP contribution is -2.16. The van der Waals surface area contributed by atoms with Crippen LogP contribution >= 0.6 is 0 Å². The molecule has 0 amide bonds. The second-order valence-corrected chi connectivity index (χ2v) is 8.98. The van der Waals surface area contributed by atoms with E-state index in [2.05, 4.69) is 106 Å². The Balaban J connectivity index is 1.47. The molecule has 0 N–H and O–H groups in total. The third-order valence-electron chi connectivity index (χ3n) is 6.66. The summed E-state index contributed by atoms with van der Waals surface area (Å²) in [5.74, 6) is 1.03. The summed E-state index contributed by atoms with van der Waals surface area (Å²) in [6.45, 7) is 6.97. The molecule has 0 bridgehead atoms. The SMILES string of the molecule is CC1CC(=Nc2ccc3c(c2)C(C)(C)c2ccccc2-3)C=CC1c1ccccc1. The molecular formula is C28H27N. The van der Waals surface area contributed by atoms with Crippen molar-refractivity contribution in [2.75, 3.05) is 0 Å². The summed E-state index contributed by atoms with van der Waals surface area (Å²) >= 11 is 0. The predicted molar refractivity (Wildman–Crippen MR) is 123 cm³/mol. The number of hydrogen-bond acceptors (Lipinski definition) is 1. The lowest BCUT2D eigenvalue weighted by Gasteiger charge is -2.25. The minimum atomic E-state index is 0.0240. The summed E-state index contributed by atoms with van der Waals surface area (Å²) in [6, 6.07) is 26.3. The summed E-state index contributed by atoms with van der Waals surface area (Å²) in [6.07, 6.45) is 5.57. The molecule has 0 heterocycles. The van der Waals surface area contributed by atoms with E-state index < -0.39 is 0 Å². The Hall–Kier alpha value is -2.93. The van der Waals surface area contributed by atoms with E-state index >= 15 is 0 Å². The van der Waals surface area contributed by atoms with Crippen LogP contribution in [0, 0.1) is 5.92 Å². The van der Waals surface area contributed by atoms with Crippen LogP contribution in [0.4, 0.5) is 5.69 Å². The number of allylic oxidation sites excluding steroid dienone is 2. The fourth-order valence-electron chi connectivity index (χ4n) is 5.05. The van der Waals surface area contributed by atoms with Crippen molar-refractivity contribution in [1.82, 2.24) is 0 Å². The van der Waals surface area contributed by atoms with Gasteiger partial charge in [-0.25, -0.2) is 0 Å². The molecule has 2 atom stereocenters. The van der Waals surface area contributed by atoms with Crippen LogP contribution in [0.2, 0.25) is 0 Å². The molecule has 2 aliphatic rings. The van der Waals surface area contributed by atoms with Crippen LogP contribution in [0.5, 0.6) is 0 Å². The molecule has 0 saturated heterocycles. The zero-order valence-electron chi connectivity index (χ0n) is 17.4. The van der Waals surface area contributed by atoms with E-state index in [1.807, 2.05) is 0 Å². The smallest absolute Gasteiger partial charge is 0.0636 e. The molecule has 0 radical (unpaired) electrons. The van der Waals surface area contributed by atoms with Crippen LogP contribution in [0.3, 0.4) is 0 Å². The van der Waals surface area contributed by atoms with Gasteiger partial charge in [-0.05, 0) is 58.4 Å². The van der Waals surface area contributed by atoms with Crippen molar-refractivity contribution in [3.8, 4) is 11.1 Å². The molecule has 0 fully saturated rings. The second-order valence-electron chi connectivity index (χ2n) is 8.98. The predicted octanol–water partition coefficient (Wildman–Crippen LogP) is 7.45. The van der Waals surface area contributed by atoms with Crippen molar-refractivity contribution in [3.05, 3.63) is 102 Å². The first-order chi connectivity index (χ1) is 14.0. The second kappa shape index (κ2) is 6.84. The number of fused-ring (bicyclic) bond motifs is 3. The zero-order chi connectivity index (χ0) is 20.0. The van der Waals surface area contributed by atoms with Gasteiger partial charge in [-0.2, -0.15) is 0 Å². The van der Waals surface area contributed by atoms with Gasteiger partial charge in [0.05, 0.1) is 5.69 Å². The highest BCUT2D eigenvalue weighted by Gasteiger charge is 2.35. The molecule has 29 heavy (non-hydrogen) atoms. The van der Waals surface area contributed by atoms with E-state index in [9.17, 15) is 0 Å². The van der Waals surface area contributed by atoms with Crippen molar-refractivity contribution in [2.45, 2.75) is 38.5 Å². The molecule has 2 unspecified atom stereocenters.